The Kier molecular flexibility index (Phi) is 4.70. The van der Waals surface area contributed by atoms with Gasteiger partial charge < -0.3 is 15.2 Å². The summed E-state index contributed by atoms with van der Waals surface area (Å²) in [4.78, 5) is 22.4. The molecule has 152 valence electrons. The molecular formula is C20H20F2N4O3. The molecule has 3 atom stereocenters. The Balaban J connectivity index is 1.80. The van der Waals surface area contributed by atoms with E-state index in [9.17, 15) is 13.6 Å². The number of hydrogen-bond donors (Lipinski definition) is 1. The molecule has 1 aromatic heterocycles. The van der Waals surface area contributed by atoms with Gasteiger partial charge >= 0.3 is 0 Å². The second-order valence-corrected chi connectivity index (χ2v) is 7.28. The maximum Gasteiger partial charge on any atom is 0.235 e. The SMILES string of the molecule is C[C@H]1C[C@H]2C(=O)N(C)C(N)=N[C@@]2(c2cc(Oc3cncc(F)c3)ccc2F)CO1. The van der Waals surface area contributed by atoms with Crippen LogP contribution in [0.2, 0.25) is 0 Å². The number of guanidine groups is 1. The monoisotopic (exact) mass is 402 g/mol. The maximum atomic E-state index is 15.0. The van der Waals surface area contributed by atoms with Crippen LogP contribution in [0.25, 0.3) is 0 Å². The highest BCUT2D eigenvalue weighted by Gasteiger charge is 2.54. The van der Waals surface area contributed by atoms with E-state index in [0.29, 0.717) is 6.42 Å². The third-order valence-corrected chi connectivity index (χ3v) is 5.34. The zero-order chi connectivity index (χ0) is 20.8. The van der Waals surface area contributed by atoms with Gasteiger partial charge in [0.15, 0.2) is 5.96 Å². The number of hydrogen-bond acceptors (Lipinski definition) is 6. The number of amides is 1. The molecule has 2 aliphatic rings. The summed E-state index contributed by atoms with van der Waals surface area (Å²) in [6, 6.07) is 5.24. The van der Waals surface area contributed by atoms with Crippen LogP contribution in [0.15, 0.2) is 41.7 Å². The largest absolute Gasteiger partial charge is 0.456 e. The molecule has 2 aliphatic heterocycles. The summed E-state index contributed by atoms with van der Waals surface area (Å²) in [6.07, 6.45) is 2.58. The quantitative estimate of drug-likeness (QED) is 0.852. The van der Waals surface area contributed by atoms with Crippen molar-refractivity contribution < 1.29 is 23.0 Å². The first-order chi connectivity index (χ1) is 13.8. The van der Waals surface area contributed by atoms with Gasteiger partial charge in [0, 0.05) is 18.7 Å². The number of rotatable bonds is 3. The first kappa shape index (κ1) is 19.3. The number of halogens is 2. The van der Waals surface area contributed by atoms with Crippen LogP contribution < -0.4 is 10.5 Å². The second-order valence-electron chi connectivity index (χ2n) is 7.28. The van der Waals surface area contributed by atoms with E-state index in [-0.39, 0.29) is 41.6 Å². The van der Waals surface area contributed by atoms with Gasteiger partial charge in [-0.05, 0) is 31.5 Å². The van der Waals surface area contributed by atoms with E-state index in [1.54, 1.807) is 0 Å². The average Bonchev–Trinajstić information content (AvgIpc) is 2.69. The molecule has 1 fully saturated rings. The summed E-state index contributed by atoms with van der Waals surface area (Å²) in [5, 5.41) is 0. The van der Waals surface area contributed by atoms with Gasteiger partial charge in [-0.3, -0.25) is 14.7 Å². The molecule has 0 unspecified atom stereocenters. The number of carbonyl (C=O) groups excluding carboxylic acids is 1. The Bertz CT molecular complexity index is 999. The Morgan fingerprint density at radius 1 is 1.28 bits per heavy atom. The first-order valence-electron chi connectivity index (χ1n) is 9.13. The average molecular weight is 402 g/mol. The van der Waals surface area contributed by atoms with Gasteiger partial charge in [0.05, 0.1) is 31.0 Å². The minimum atomic E-state index is -1.30. The van der Waals surface area contributed by atoms with Gasteiger partial charge in [0.25, 0.3) is 0 Å². The molecule has 1 amide bonds. The van der Waals surface area contributed by atoms with Crippen LogP contribution in [0.4, 0.5) is 8.78 Å². The van der Waals surface area contributed by atoms with Crippen molar-refractivity contribution in [1.82, 2.24) is 9.88 Å². The molecule has 4 rings (SSSR count). The minimum absolute atomic E-state index is 0.000999. The van der Waals surface area contributed by atoms with Crippen molar-refractivity contribution in [1.29, 1.82) is 0 Å². The van der Waals surface area contributed by atoms with Gasteiger partial charge in [-0.25, -0.2) is 13.8 Å². The molecule has 2 aromatic rings. The standard InChI is InChI=1S/C20H20F2N4O3/c1-11-5-16-18(27)26(2)19(23)25-20(16,10-28-11)15-7-13(3-4-17(15)22)29-14-6-12(21)8-24-9-14/h3-4,6-9,11,16H,5,10H2,1-2H3,(H2,23,25)/t11-,16-,20+/m0/s1. The van der Waals surface area contributed by atoms with Gasteiger partial charge in [0.1, 0.15) is 28.7 Å². The van der Waals surface area contributed by atoms with Crippen LogP contribution >= 0.6 is 0 Å². The van der Waals surface area contributed by atoms with Crippen molar-refractivity contribution in [2.45, 2.75) is 25.0 Å². The Morgan fingerprint density at radius 3 is 2.83 bits per heavy atom. The molecule has 1 aromatic carbocycles. The lowest BCUT2D eigenvalue weighted by atomic mass is 9.72. The number of pyridine rings is 1. The van der Waals surface area contributed by atoms with Crippen LogP contribution in [0.5, 0.6) is 11.5 Å². The predicted molar refractivity (Wildman–Crippen MR) is 100 cm³/mol. The van der Waals surface area contributed by atoms with E-state index in [1.165, 1.54) is 36.3 Å². The summed E-state index contributed by atoms with van der Waals surface area (Å²) >= 11 is 0. The molecule has 0 saturated carbocycles. The summed E-state index contributed by atoms with van der Waals surface area (Å²) < 4.78 is 39.7. The van der Waals surface area contributed by atoms with E-state index in [2.05, 4.69) is 9.98 Å². The summed E-state index contributed by atoms with van der Waals surface area (Å²) in [5.41, 5.74) is 4.79. The highest BCUT2D eigenvalue weighted by Crippen LogP contribution is 2.46. The third kappa shape index (κ3) is 3.31. The Labute approximate surface area is 166 Å². The number of fused-ring (bicyclic) bond motifs is 1. The normalized spacial score (nSPS) is 26.7. The third-order valence-electron chi connectivity index (χ3n) is 5.34. The van der Waals surface area contributed by atoms with Gasteiger partial charge in [-0.2, -0.15) is 0 Å². The number of aromatic nitrogens is 1. The van der Waals surface area contributed by atoms with Crippen molar-refractivity contribution in [2.75, 3.05) is 13.7 Å². The van der Waals surface area contributed by atoms with E-state index in [4.69, 9.17) is 15.2 Å². The molecular weight excluding hydrogens is 382 g/mol. The van der Waals surface area contributed by atoms with Gasteiger partial charge in [-0.15, -0.1) is 0 Å². The van der Waals surface area contributed by atoms with Crippen molar-refractivity contribution in [3.63, 3.8) is 0 Å². The van der Waals surface area contributed by atoms with Crippen LogP contribution in [0.3, 0.4) is 0 Å². The van der Waals surface area contributed by atoms with Crippen LogP contribution in [-0.2, 0) is 15.1 Å². The fourth-order valence-electron chi connectivity index (χ4n) is 3.82. The molecule has 9 heteroatoms. The van der Waals surface area contributed by atoms with Crippen molar-refractivity contribution in [2.24, 2.45) is 16.6 Å². The number of ether oxygens (including phenoxy) is 2. The molecule has 0 bridgehead atoms. The van der Waals surface area contributed by atoms with Crippen LogP contribution in [-0.4, -0.2) is 41.5 Å². The number of nitrogens with zero attached hydrogens (tertiary/aromatic N) is 3. The molecule has 29 heavy (non-hydrogen) atoms. The summed E-state index contributed by atoms with van der Waals surface area (Å²) in [5.74, 6) is -1.60. The zero-order valence-electron chi connectivity index (χ0n) is 15.9. The fraction of sp³-hybridized carbons (Fsp3) is 0.350. The number of carbonyl (C=O) groups is 1. The first-order valence-corrected chi connectivity index (χ1v) is 9.13. The molecule has 0 spiro atoms. The number of aliphatic imine (C=N–C) groups is 1. The molecule has 3 heterocycles. The van der Waals surface area contributed by atoms with Crippen LogP contribution in [0, 0.1) is 17.6 Å². The molecule has 0 aliphatic carbocycles. The maximum absolute atomic E-state index is 15.0. The van der Waals surface area contributed by atoms with Crippen molar-refractivity contribution in [3.8, 4) is 11.5 Å². The van der Waals surface area contributed by atoms with E-state index in [0.717, 1.165) is 12.3 Å². The minimum Gasteiger partial charge on any atom is -0.456 e. The lowest BCUT2D eigenvalue weighted by Gasteiger charge is -2.46. The lowest BCUT2D eigenvalue weighted by molar-refractivity contribution is -0.144. The number of benzene rings is 1. The van der Waals surface area contributed by atoms with E-state index < -0.39 is 23.1 Å². The van der Waals surface area contributed by atoms with Crippen molar-refractivity contribution in [3.05, 3.63) is 53.9 Å². The smallest absolute Gasteiger partial charge is 0.235 e. The van der Waals surface area contributed by atoms with Crippen LogP contribution in [0.1, 0.15) is 18.9 Å². The van der Waals surface area contributed by atoms with E-state index >= 15 is 0 Å². The highest BCUT2D eigenvalue weighted by atomic mass is 19.1. The molecule has 7 nitrogen and oxygen atoms in total. The summed E-state index contributed by atoms with van der Waals surface area (Å²) in [7, 11) is 1.54. The lowest BCUT2D eigenvalue weighted by Crippen LogP contribution is -2.59. The Morgan fingerprint density at radius 2 is 2.07 bits per heavy atom. The highest BCUT2D eigenvalue weighted by molar-refractivity contribution is 6.00. The van der Waals surface area contributed by atoms with E-state index in [1.807, 2.05) is 6.92 Å². The Hall–Kier alpha value is -3.07. The fourth-order valence-corrected chi connectivity index (χ4v) is 3.82. The zero-order valence-corrected chi connectivity index (χ0v) is 15.9. The molecule has 0 radical (unpaired) electrons. The number of nitrogens with two attached hydrogens (primary N) is 1. The van der Waals surface area contributed by atoms with Gasteiger partial charge in [-0.1, -0.05) is 0 Å². The summed E-state index contributed by atoms with van der Waals surface area (Å²) in [6.45, 7) is 1.85. The topological polar surface area (TPSA) is 90.0 Å². The van der Waals surface area contributed by atoms with Crippen molar-refractivity contribution >= 4 is 11.9 Å². The molecule has 2 N–H and O–H groups in total. The second kappa shape index (κ2) is 7.07. The predicted octanol–water partition coefficient (Wildman–Crippen LogP) is 2.56. The van der Waals surface area contributed by atoms with Gasteiger partial charge in [0.2, 0.25) is 5.91 Å². The molecule has 1 saturated heterocycles.